The van der Waals surface area contributed by atoms with E-state index in [1.165, 1.54) is 0 Å². The zero-order chi connectivity index (χ0) is 15.1. The summed E-state index contributed by atoms with van der Waals surface area (Å²) < 4.78 is 52.3. The average molecular weight is 309 g/mol. The number of alkyl halides is 3. The van der Waals surface area contributed by atoms with E-state index in [0.29, 0.717) is 12.3 Å². The molecule has 2 aromatic rings. The van der Waals surface area contributed by atoms with Crippen molar-refractivity contribution >= 4 is 11.6 Å². The van der Waals surface area contributed by atoms with Crippen molar-refractivity contribution in [2.75, 3.05) is 0 Å². The number of phenols is 1. The van der Waals surface area contributed by atoms with Crippen LogP contribution < -0.4 is 5.56 Å². The van der Waals surface area contributed by atoms with Gasteiger partial charge in [-0.2, -0.15) is 18.3 Å². The molecule has 2 N–H and O–H groups in total. The number of rotatable bonds is 1. The molecule has 0 radical (unpaired) electrons. The van der Waals surface area contributed by atoms with Crippen molar-refractivity contribution in [1.29, 1.82) is 0 Å². The van der Waals surface area contributed by atoms with Crippen LogP contribution in [-0.2, 0) is 6.18 Å². The number of benzene rings is 1. The molecule has 0 unspecified atom stereocenters. The van der Waals surface area contributed by atoms with Crippen molar-refractivity contribution in [2.45, 2.75) is 6.18 Å². The predicted octanol–water partition coefficient (Wildman–Crippen LogP) is 2.95. The minimum Gasteiger partial charge on any atom is -0.507 e. The molecule has 0 saturated heterocycles. The highest BCUT2D eigenvalue weighted by molar-refractivity contribution is 6.30. The zero-order valence-corrected chi connectivity index (χ0v) is 10.2. The highest BCUT2D eigenvalue weighted by Crippen LogP contribution is 2.39. The second-order valence-corrected chi connectivity index (χ2v) is 4.20. The number of H-pyrrole nitrogens is 1. The van der Waals surface area contributed by atoms with Gasteiger partial charge in [0.15, 0.2) is 0 Å². The summed E-state index contributed by atoms with van der Waals surface area (Å²) in [6, 6.07) is 1.52. The van der Waals surface area contributed by atoms with Gasteiger partial charge in [0.1, 0.15) is 11.6 Å². The predicted molar refractivity (Wildman–Crippen MR) is 61.9 cm³/mol. The number of nitrogens with one attached hydrogen (secondary N) is 1. The van der Waals surface area contributed by atoms with Crippen LogP contribution in [0.5, 0.6) is 5.75 Å². The maximum atomic E-state index is 13.8. The van der Waals surface area contributed by atoms with Crippen molar-refractivity contribution in [1.82, 2.24) is 10.2 Å². The fraction of sp³-hybridized carbons (Fsp3) is 0.0909. The van der Waals surface area contributed by atoms with Gasteiger partial charge in [-0.05, 0) is 12.1 Å². The summed E-state index contributed by atoms with van der Waals surface area (Å²) in [5, 5.41) is 14.1. The Balaban J connectivity index is 2.87. The number of phenolic OH excluding ortho intramolecular Hbond substituents is 1. The van der Waals surface area contributed by atoms with Gasteiger partial charge in [0.25, 0.3) is 5.56 Å². The van der Waals surface area contributed by atoms with E-state index in [1.54, 1.807) is 5.10 Å². The molecule has 1 aromatic carbocycles. The summed E-state index contributed by atoms with van der Waals surface area (Å²) >= 11 is 5.46. The number of aromatic hydroxyl groups is 1. The molecule has 106 valence electrons. The van der Waals surface area contributed by atoms with Gasteiger partial charge in [-0.25, -0.2) is 9.49 Å². The third kappa shape index (κ3) is 2.46. The van der Waals surface area contributed by atoms with E-state index in [1.807, 2.05) is 0 Å². The summed E-state index contributed by atoms with van der Waals surface area (Å²) in [4.78, 5) is 11.5. The fourth-order valence-electron chi connectivity index (χ4n) is 1.67. The average Bonchev–Trinajstić information content (AvgIpc) is 2.28. The Morgan fingerprint density at radius 3 is 2.45 bits per heavy atom. The summed E-state index contributed by atoms with van der Waals surface area (Å²) in [5.41, 5.74) is -4.68. The van der Waals surface area contributed by atoms with Crippen LogP contribution in [0.2, 0.25) is 5.02 Å². The molecule has 0 fully saturated rings. The quantitative estimate of drug-likeness (QED) is 0.796. The molecule has 0 aliphatic heterocycles. The van der Waals surface area contributed by atoms with Crippen molar-refractivity contribution in [3.8, 4) is 16.9 Å². The van der Waals surface area contributed by atoms with Crippen LogP contribution in [0.25, 0.3) is 11.1 Å². The summed E-state index contributed by atoms with van der Waals surface area (Å²) in [7, 11) is 0. The number of hydrogen-bond donors (Lipinski definition) is 2. The van der Waals surface area contributed by atoms with Gasteiger partial charge in [0.05, 0.1) is 22.9 Å². The van der Waals surface area contributed by atoms with Gasteiger partial charge in [-0.15, -0.1) is 0 Å². The third-order valence-corrected chi connectivity index (χ3v) is 2.66. The van der Waals surface area contributed by atoms with Crippen LogP contribution in [0.15, 0.2) is 23.1 Å². The summed E-state index contributed by atoms with van der Waals surface area (Å²) in [6.07, 6.45) is -4.60. The molecular weight excluding hydrogens is 304 g/mol. The van der Waals surface area contributed by atoms with Crippen LogP contribution in [0, 0.1) is 5.82 Å². The lowest BCUT2D eigenvalue weighted by molar-refractivity contribution is -0.137. The van der Waals surface area contributed by atoms with E-state index in [-0.39, 0.29) is 5.02 Å². The topological polar surface area (TPSA) is 66.0 Å². The van der Waals surface area contributed by atoms with Crippen LogP contribution >= 0.6 is 11.6 Å². The lowest BCUT2D eigenvalue weighted by Crippen LogP contribution is -2.19. The zero-order valence-electron chi connectivity index (χ0n) is 9.42. The third-order valence-electron chi connectivity index (χ3n) is 2.45. The number of aromatic amines is 1. The Hall–Kier alpha value is -2.09. The molecule has 20 heavy (non-hydrogen) atoms. The van der Waals surface area contributed by atoms with E-state index in [2.05, 4.69) is 5.10 Å². The van der Waals surface area contributed by atoms with E-state index in [9.17, 15) is 27.5 Å². The van der Waals surface area contributed by atoms with E-state index in [4.69, 9.17) is 11.6 Å². The Labute approximate surface area is 113 Å². The molecule has 0 aliphatic carbocycles. The van der Waals surface area contributed by atoms with E-state index >= 15 is 0 Å². The van der Waals surface area contributed by atoms with Crippen molar-refractivity contribution in [3.05, 3.63) is 45.1 Å². The molecule has 0 atom stereocenters. The molecule has 1 aromatic heterocycles. The van der Waals surface area contributed by atoms with Crippen LogP contribution in [0.3, 0.4) is 0 Å². The van der Waals surface area contributed by atoms with E-state index < -0.39 is 40.0 Å². The normalized spacial score (nSPS) is 11.7. The highest BCUT2D eigenvalue weighted by Gasteiger charge is 2.37. The fourth-order valence-corrected chi connectivity index (χ4v) is 1.87. The van der Waals surface area contributed by atoms with Gasteiger partial charge in [-0.1, -0.05) is 11.6 Å². The molecule has 1 heterocycles. The van der Waals surface area contributed by atoms with Gasteiger partial charge in [-0.3, -0.25) is 4.79 Å². The molecule has 0 spiro atoms. The van der Waals surface area contributed by atoms with Crippen LogP contribution in [-0.4, -0.2) is 15.3 Å². The van der Waals surface area contributed by atoms with Crippen LogP contribution in [0.1, 0.15) is 5.56 Å². The largest absolute Gasteiger partial charge is 0.507 e. The lowest BCUT2D eigenvalue weighted by Gasteiger charge is -2.13. The molecule has 4 nitrogen and oxygen atoms in total. The van der Waals surface area contributed by atoms with E-state index in [0.717, 1.165) is 6.07 Å². The molecular formula is C11H5ClF4N2O2. The van der Waals surface area contributed by atoms with Gasteiger partial charge in [0, 0.05) is 5.02 Å². The first-order valence-electron chi connectivity index (χ1n) is 5.05. The molecule has 0 bridgehead atoms. The maximum absolute atomic E-state index is 13.8. The Morgan fingerprint density at radius 1 is 1.25 bits per heavy atom. The Bertz CT molecular complexity index is 704. The lowest BCUT2D eigenvalue weighted by atomic mass is 10.0. The number of hydrogen-bond acceptors (Lipinski definition) is 3. The first-order chi connectivity index (χ1) is 9.21. The Morgan fingerprint density at radius 2 is 1.90 bits per heavy atom. The molecule has 0 saturated carbocycles. The second kappa shape index (κ2) is 4.78. The van der Waals surface area contributed by atoms with Crippen molar-refractivity contribution < 1.29 is 22.7 Å². The van der Waals surface area contributed by atoms with Crippen LogP contribution in [0.4, 0.5) is 17.6 Å². The molecule has 9 heteroatoms. The first-order valence-corrected chi connectivity index (χ1v) is 5.43. The minimum absolute atomic E-state index is 0.220. The monoisotopic (exact) mass is 308 g/mol. The van der Waals surface area contributed by atoms with Crippen molar-refractivity contribution in [2.24, 2.45) is 0 Å². The van der Waals surface area contributed by atoms with Crippen molar-refractivity contribution in [3.63, 3.8) is 0 Å². The van der Waals surface area contributed by atoms with Gasteiger partial charge in [0.2, 0.25) is 0 Å². The number of halogens is 5. The number of aromatic nitrogens is 2. The minimum atomic E-state index is -4.94. The summed E-state index contributed by atoms with van der Waals surface area (Å²) in [5.74, 6) is -2.13. The Kier molecular flexibility index (Phi) is 3.43. The van der Waals surface area contributed by atoms with Gasteiger partial charge < -0.3 is 5.11 Å². The summed E-state index contributed by atoms with van der Waals surface area (Å²) in [6.45, 7) is 0. The smallest absolute Gasteiger partial charge is 0.418 e. The molecule has 2 rings (SSSR count). The first kappa shape index (κ1) is 14.3. The molecule has 0 amide bonds. The molecule has 0 aliphatic rings. The standard InChI is InChI=1S/C11H5ClF4N2O2/c12-4-1-6(13)9(7(19)2-4)8-5(11(14,15)16)3-17-18-10(8)20/h1-3,19H,(H,18,20). The number of nitrogens with zero attached hydrogens (tertiary/aromatic N) is 1. The van der Waals surface area contributed by atoms with Gasteiger partial charge >= 0.3 is 6.18 Å². The maximum Gasteiger partial charge on any atom is 0.418 e. The second-order valence-electron chi connectivity index (χ2n) is 3.77. The SMILES string of the molecule is O=c1[nH]ncc(C(F)(F)F)c1-c1c(O)cc(Cl)cc1F. The highest BCUT2D eigenvalue weighted by atomic mass is 35.5.